The van der Waals surface area contributed by atoms with Gasteiger partial charge in [0.2, 0.25) is 0 Å². The first kappa shape index (κ1) is 14.1. The Morgan fingerprint density at radius 1 is 1.50 bits per heavy atom. The molecule has 0 aliphatic carbocycles. The molecule has 3 aromatic heterocycles. The predicted molar refractivity (Wildman–Crippen MR) is 80.8 cm³/mol. The molecule has 3 rings (SSSR count). The van der Waals surface area contributed by atoms with Crippen LogP contribution in [0.15, 0.2) is 33.8 Å². The molecular weight excluding hydrogens is 282 g/mol. The molecule has 0 amide bonds. The van der Waals surface area contributed by atoms with Crippen LogP contribution in [0.4, 0.5) is 0 Å². The van der Waals surface area contributed by atoms with Gasteiger partial charge < -0.3 is 9.40 Å². The summed E-state index contributed by atoms with van der Waals surface area (Å²) in [6, 6.07) is 3.70. The smallest absolute Gasteiger partial charge is 0.262 e. The highest BCUT2D eigenvalue weighted by atomic mass is 16.3. The molecule has 0 spiro atoms. The van der Waals surface area contributed by atoms with E-state index < -0.39 is 0 Å². The van der Waals surface area contributed by atoms with Gasteiger partial charge in [-0.15, -0.1) is 6.42 Å². The highest BCUT2D eigenvalue weighted by molar-refractivity contribution is 5.72. The number of nitrogens with zero attached hydrogens (tertiary/aromatic N) is 4. The maximum atomic E-state index is 12.0. The van der Waals surface area contributed by atoms with E-state index in [-0.39, 0.29) is 5.56 Å². The molecule has 112 valence electrons. The van der Waals surface area contributed by atoms with E-state index in [0.29, 0.717) is 36.5 Å². The second-order valence-electron chi connectivity index (χ2n) is 4.95. The van der Waals surface area contributed by atoms with E-state index in [1.54, 1.807) is 18.0 Å². The Labute approximate surface area is 126 Å². The van der Waals surface area contributed by atoms with Crippen LogP contribution in [0.2, 0.25) is 0 Å². The number of hydrogen-bond donors (Lipinski definition) is 1. The summed E-state index contributed by atoms with van der Waals surface area (Å²) in [5.41, 5.74) is 0.351. The molecule has 0 fully saturated rings. The van der Waals surface area contributed by atoms with E-state index >= 15 is 0 Å². The summed E-state index contributed by atoms with van der Waals surface area (Å²) in [7, 11) is 1.75. The van der Waals surface area contributed by atoms with Crippen molar-refractivity contribution in [3.8, 4) is 12.3 Å². The lowest BCUT2D eigenvalue weighted by molar-refractivity contribution is 0.258. The molecule has 0 saturated heterocycles. The molecule has 1 N–H and O–H groups in total. The Morgan fingerprint density at radius 2 is 2.36 bits per heavy atom. The summed E-state index contributed by atoms with van der Waals surface area (Å²) >= 11 is 0. The zero-order valence-electron chi connectivity index (χ0n) is 12.1. The normalized spacial score (nSPS) is 11.1. The minimum absolute atomic E-state index is 0.202. The second-order valence-corrected chi connectivity index (χ2v) is 4.95. The molecule has 22 heavy (non-hydrogen) atoms. The molecular formula is C15H15N5O2. The predicted octanol–water partition coefficient (Wildman–Crippen LogP) is 0.885. The fourth-order valence-corrected chi connectivity index (χ4v) is 2.28. The van der Waals surface area contributed by atoms with Crippen LogP contribution < -0.4 is 5.56 Å². The van der Waals surface area contributed by atoms with Crippen LogP contribution in [-0.4, -0.2) is 31.2 Å². The van der Waals surface area contributed by atoms with Crippen LogP contribution in [0.5, 0.6) is 0 Å². The van der Waals surface area contributed by atoms with Gasteiger partial charge in [0, 0.05) is 7.05 Å². The van der Waals surface area contributed by atoms with Crippen molar-refractivity contribution in [2.45, 2.75) is 13.1 Å². The molecule has 7 nitrogen and oxygen atoms in total. The fraction of sp³-hybridized carbons (Fsp3) is 0.267. The Hall–Kier alpha value is -2.85. The Balaban J connectivity index is 1.87. The lowest BCUT2D eigenvalue weighted by Gasteiger charge is -2.17. The van der Waals surface area contributed by atoms with Crippen molar-refractivity contribution in [2.75, 3.05) is 6.54 Å². The van der Waals surface area contributed by atoms with E-state index in [1.165, 1.54) is 6.20 Å². The van der Waals surface area contributed by atoms with Crippen molar-refractivity contribution in [1.29, 1.82) is 0 Å². The van der Waals surface area contributed by atoms with Crippen LogP contribution in [0, 0.1) is 12.3 Å². The highest BCUT2D eigenvalue weighted by Crippen LogP contribution is 2.09. The average Bonchev–Trinajstić information content (AvgIpc) is 3.10. The number of rotatable bonds is 5. The zero-order valence-corrected chi connectivity index (χ0v) is 12.1. The van der Waals surface area contributed by atoms with Crippen molar-refractivity contribution in [2.24, 2.45) is 7.05 Å². The summed E-state index contributed by atoms with van der Waals surface area (Å²) in [6.07, 6.45) is 8.53. The van der Waals surface area contributed by atoms with Gasteiger partial charge in [0.05, 0.1) is 32.1 Å². The number of H-pyrrole nitrogens is 1. The quantitative estimate of drug-likeness (QED) is 0.707. The molecule has 0 atom stereocenters. The summed E-state index contributed by atoms with van der Waals surface area (Å²) < 4.78 is 6.91. The summed E-state index contributed by atoms with van der Waals surface area (Å²) in [5, 5.41) is 4.52. The largest absolute Gasteiger partial charge is 0.468 e. The Kier molecular flexibility index (Phi) is 3.76. The van der Waals surface area contributed by atoms with Crippen molar-refractivity contribution in [3.63, 3.8) is 0 Å². The molecule has 7 heteroatoms. The number of fused-ring (bicyclic) bond motifs is 1. The standard InChI is InChI=1S/C15H15N5O2/c1-3-6-20(9-11-5-4-7-22-11)10-13-17-14-12(15(21)18-13)8-16-19(14)2/h1,4-5,7-8H,6,9-10H2,2H3,(H,17,18,21). The SMILES string of the molecule is C#CCN(Cc1nc2c(cnn2C)c(=O)[nH]1)Cc1ccco1. The minimum atomic E-state index is -0.202. The molecule has 0 unspecified atom stereocenters. The minimum Gasteiger partial charge on any atom is -0.468 e. The fourth-order valence-electron chi connectivity index (χ4n) is 2.28. The molecule has 3 heterocycles. The molecule has 0 saturated carbocycles. The van der Waals surface area contributed by atoms with E-state index in [2.05, 4.69) is 21.0 Å². The summed E-state index contributed by atoms with van der Waals surface area (Å²) in [4.78, 5) is 21.2. The first-order chi connectivity index (χ1) is 10.7. The van der Waals surface area contributed by atoms with Crippen molar-refractivity contribution in [1.82, 2.24) is 24.6 Å². The number of hydrogen-bond acceptors (Lipinski definition) is 5. The van der Waals surface area contributed by atoms with Gasteiger partial charge in [0.1, 0.15) is 17.0 Å². The van der Waals surface area contributed by atoms with Gasteiger partial charge in [-0.1, -0.05) is 5.92 Å². The maximum Gasteiger partial charge on any atom is 0.262 e. The second kappa shape index (κ2) is 5.87. The number of furan rings is 1. The number of nitrogens with one attached hydrogen (secondary N) is 1. The molecule has 0 aromatic carbocycles. The average molecular weight is 297 g/mol. The number of aromatic amines is 1. The number of terminal acetylenes is 1. The van der Waals surface area contributed by atoms with E-state index in [1.807, 2.05) is 17.0 Å². The van der Waals surface area contributed by atoms with Gasteiger partial charge in [0.25, 0.3) is 5.56 Å². The van der Waals surface area contributed by atoms with Crippen LogP contribution >= 0.6 is 0 Å². The van der Waals surface area contributed by atoms with Gasteiger partial charge in [-0.05, 0) is 12.1 Å². The lowest BCUT2D eigenvalue weighted by atomic mass is 10.3. The van der Waals surface area contributed by atoms with Gasteiger partial charge >= 0.3 is 0 Å². The van der Waals surface area contributed by atoms with Crippen LogP contribution in [0.3, 0.4) is 0 Å². The van der Waals surface area contributed by atoms with Crippen molar-refractivity contribution < 1.29 is 4.42 Å². The van der Waals surface area contributed by atoms with E-state index in [0.717, 1.165) is 5.76 Å². The lowest BCUT2D eigenvalue weighted by Crippen LogP contribution is -2.26. The first-order valence-corrected chi connectivity index (χ1v) is 6.76. The number of aromatic nitrogens is 4. The molecule has 0 radical (unpaired) electrons. The molecule has 3 aromatic rings. The van der Waals surface area contributed by atoms with Crippen LogP contribution in [0.25, 0.3) is 11.0 Å². The third-order valence-electron chi connectivity index (χ3n) is 3.30. The third kappa shape index (κ3) is 2.77. The van der Waals surface area contributed by atoms with Gasteiger partial charge in [-0.25, -0.2) is 4.98 Å². The monoisotopic (exact) mass is 297 g/mol. The van der Waals surface area contributed by atoms with Gasteiger partial charge in [0.15, 0.2) is 5.65 Å². The van der Waals surface area contributed by atoms with Crippen molar-refractivity contribution >= 4 is 11.0 Å². The van der Waals surface area contributed by atoms with E-state index in [4.69, 9.17) is 10.8 Å². The van der Waals surface area contributed by atoms with Crippen LogP contribution in [0.1, 0.15) is 11.6 Å². The van der Waals surface area contributed by atoms with Crippen LogP contribution in [-0.2, 0) is 20.1 Å². The molecule has 0 bridgehead atoms. The third-order valence-corrected chi connectivity index (χ3v) is 3.30. The van der Waals surface area contributed by atoms with Crippen molar-refractivity contribution in [3.05, 3.63) is 46.5 Å². The topological polar surface area (TPSA) is 80.0 Å². The highest BCUT2D eigenvalue weighted by Gasteiger charge is 2.12. The first-order valence-electron chi connectivity index (χ1n) is 6.76. The zero-order chi connectivity index (χ0) is 15.5. The molecule has 0 aliphatic rings. The Bertz CT molecular complexity index is 870. The number of aryl methyl sites for hydroxylation is 1. The summed E-state index contributed by atoms with van der Waals surface area (Å²) in [5.74, 6) is 3.95. The van der Waals surface area contributed by atoms with Gasteiger partial charge in [-0.2, -0.15) is 5.10 Å². The summed E-state index contributed by atoms with van der Waals surface area (Å²) in [6.45, 7) is 1.39. The van der Waals surface area contributed by atoms with E-state index in [9.17, 15) is 4.79 Å². The Morgan fingerprint density at radius 3 is 3.09 bits per heavy atom. The maximum absolute atomic E-state index is 12.0. The molecule has 0 aliphatic heterocycles. The van der Waals surface area contributed by atoms with Gasteiger partial charge in [-0.3, -0.25) is 14.4 Å².